The molecule has 6 nitrogen and oxygen atoms in total. The van der Waals surface area contributed by atoms with Gasteiger partial charge in [0.2, 0.25) is 0 Å². The maximum atomic E-state index is 12.9. The second-order valence-corrected chi connectivity index (χ2v) is 7.64. The Morgan fingerprint density at radius 2 is 1.90 bits per heavy atom. The van der Waals surface area contributed by atoms with Crippen LogP contribution in [0, 0.1) is 6.92 Å². The number of nitrogens with zero attached hydrogens (tertiary/aromatic N) is 3. The number of hydrogen-bond acceptors (Lipinski definition) is 6. The van der Waals surface area contributed by atoms with E-state index >= 15 is 0 Å². The zero-order valence-corrected chi connectivity index (χ0v) is 16.2. The summed E-state index contributed by atoms with van der Waals surface area (Å²) in [4.78, 5) is 4.54. The van der Waals surface area contributed by atoms with Crippen LogP contribution in [0.5, 0.6) is 5.75 Å². The molecule has 2 aromatic heterocycles. The van der Waals surface area contributed by atoms with Gasteiger partial charge >= 0.3 is 6.18 Å². The van der Waals surface area contributed by atoms with Crippen LogP contribution in [0.3, 0.4) is 0 Å². The lowest BCUT2D eigenvalue weighted by molar-refractivity contribution is -0.137. The first-order valence-electron chi connectivity index (χ1n) is 9.71. The Labute approximate surface area is 170 Å². The fraction of sp³-hybridized carbons (Fsp3) is 0.381. The van der Waals surface area contributed by atoms with Crippen molar-refractivity contribution in [3.05, 3.63) is 41.6 Å². The van der Waals surface area contributed by atoms with E-state index in [0.717, 1.165) is 31.0 Å². The van der Waals surface area contributed by atoms with Gasteiger partial charge in [0.1, 0.15) is 17.0 Å². The van der Waals surface area contributed by atoms with Crippen molar-refractivity contribution in [1.29, 1.82) is 0 Å². The molecule has 158 valence electrons. The van der Waals surface area contributed by atoms with Crippen LogP contribution in [-0.4, -0.2) is 37.5 Å². The van der Waals surface area contributed by atoms with E-state index in [4.69, 9.17) is 0 Å². The molecule has 0 saturated heterocycles. The molecule has 0 bridgehead atoms. The van der Waals surface area contributed by atoms with Crippen molar-refractivity contribution < 1.29 is 23.4 Å². The summed E-state index contributed by atoms with van der Waals surface area (Å²) < 4.78 is 38.8. The summed E-state index contributed by atoms with van der Waals surface area (Å²) in [5, 5.41) is 32.4. The van der Waals surface area contributed by atoms with Crippen LogP contribution in [0.4, 0.5) is 19.0 Å². The van der Waals surface area contributed by atoms with Crippen LogP contribution >= 0.6 is 0 Å². The van der Waals surface area contributed by atoms with Crippen molar-refractivity contribution in [2.45, 2.75) is 50.9 Å². The predicted octanol–water partition coefficient (Wildman–Crippen LogP) is 4.44. The van der Waals surface area contributed by atoms with Gasteiger partial charge in [-0.2, -0.15) is 13.2 Å². The van der Waals surface area contributed by atoms with E-state index in [2.05, 4.69) is 20.5 Å². The zero-order valence-electron chi connectivity index (χ0n) is 16.2. The number of phenols is 1. The molecule has 2 atom stereocenters. The van der Waals surface area contributed by atoms with Crippen LogP contribution in [0.25, 0.3) is 22.2 Å². The first-order chi connectivity index (χ1) is 14.2. The maximum absolute atomic E-state index is 12.9. The molecule has 0 amide bonds. The largest absolute Gasteiger partial charge is 0.507 e. The Kier molecular flexibility index (Phi) is 5.23. The number of aromatic hydroxyl groups is 1. The van der Waals surface area contributed by atoms with Gasteiger partial charge in [0.05, 0.1) is 11.7 Å². The van der Waals surface area contributed by atoms with Crippen LogP contribution < -0.4 is 5.32 Å². The Bertz CT molecular complexity index is 1090. The average Bonchev–Trinajstić information content (AvgIpc) is 2.68. The Balaban J connectivity index is 1.78. The van der Waals surface area contributed by atoms with E-state index in [1.165, 1.54) is 6.07 Å². The average molecular weight is 418 g/mol. The van der Waals surface area contributed by atoms with Gasteiger partial charge in [-0.1, -0.05) is 0 Å². The van der Waals surface area contributed by atoms with Crippen LogP contribution in [-0.2, 0) is 6.18 Å². The van der Waals surface area contributed by atoms with Crippen molar-refractivity contribution in [1.82, 2.24) is 15.2 Å². The van der Waals surface area contributed by atoms with E-state index in [9.17, 15) is 23.4 Å². The highest BCUT2D eigenvalue weighted by molar-refractivity contribution is 5.98. The Morgan fingerprint density at radius 3 is 2.60 bits per heavy atom. The van der Waals surface area contributed by atoms with Gasteiger partial charge in [-0.25, -0.2) is 4.98 Å². The second-order valence-electron chi connectivity index (χ2n) is 7.64. The third-order valence-electron chi connectivity index (χ3n) is 5.33. The number of anilines is 1. The number of aliphatic hydroxyl groups excluding tert-OH is 1. The van der Waals surface area contributed by atoms with Gasteiger partial charge < -0.3 is 15.5 Å². The summed E-state index contributed by atoms with van der Waals surface area (Å²) in [5.41, 5.74) is 0.706. The SMILES string of the molecule is Cc1ccc2c(-c3ccc(C(F)(F)F)cc3O)nnc(NC3CCC[C@H](O)C3)c2n1. The molecule has 4 rings (SSSR count). The molecule has 30 heavy (non-hydrogen) atoms. The molecule has 9 heteroatoms. The van der Waals surface area contributed by atoms with E-state index in [0.29, 0.717) is 29.2 Å². The number of halogens is 3. The quantitative estimate of drug-likeness (QED) is 0.583. The van der Waals surface area contributed by atoms with E-state index in [1.807, 2.05) is 6.92 Å². The van der Waals surface area contributed by atoms with Gasteiger partial charge in [0.15, 0.2) is 5.82 Å². The molecule has 1 fully saturated rings. The lowest BCUT2D eigenvalue weighted by atomic mass is 9.93. The number of alkyl halides is 3. The number of aliphatic hydroxyl groups is 1. The van der Waals surface area contributed by atoms with Crippen LogP contribution in [0.2, 0.25) is 0 Å². The van der Waals surface area contributed by atoms with Gasteiger partial charge in [-0.3, -0.25) is 0 Å². The number of phenolic OH excluding ortho intramolecular Hbond substituents is 1. The van der Waals surface area contributed by atoms with Gasteiger partial charge in [0.25, 0.3) is 0 Å². The number of pyridine rings is 1. The summed E-state index contributed by atoms with van der Waals surface area (Å²) in [5.74, 6) is -0.0833. The molecule has 0 radical (unpaired) electrons. The summed E-state index contributed by atoms with van der Waals surface area (Å²) in [7, 11) is 0. The summed E-state index contributed by atoms with van der Waals surface area (Å²) >= 11 is 0. The topological polar surface area (TPSA) is 91.2 Å². The number of rotatable bonds is 3. The highest BCUT2D eigenvalue weighted by Crippen LogP contribution is 2.38. The highest BCUT2D eigenvalue weighted by atomic mass is 19.4. The normalized spacial score (nSPS) is 19.8. The molecular formula is C21H21F3N4O2. The van der Waals surface area contributed by atoms with Gasteiger partial charge in [-0.05, 0) is 62.9 Å². The molecule has 2 heterocycles. The van der Waals surface area contributed by atoms with E-state index < -0.39 is 17.5 Å². The number of nitrogens with one attached hydrogen (secondary N) is 1. The minimum absolute atomic E-state index is 0.0267. The van der Waals surface area contributed by atoms with Gasteiger partial charge in [-0.15, -0.1) is 10.2 Å². The van der Waals surface area contributed by atoms with Crippen LogP contribution in [0.1, 0.15) is 36.9 Å². The molecule has 0 aliphatic heterocycles. The molecule has 1 aliphatic rings. The molecule has 3 N–H and O–H groups in total. The van der Waals surface area contributed by atoms with Gasteiger partial charge in [0, 0.05) is 22.7 Å². The smallest absolute Gasteiger partial charge is 0.416 e. The molecule has 1 aliphatic carbocycles. The summed E-state index contributed by atoms with van der Waals surface area (Å²) in [6.45, 7) is 1.82. The predicted molar refractivity (Wildman–Crippen MR) is 106 cm³/mol. The van der Waals surface area contributed by atoms with Crippen molar-refractivity contribution >= 4 is 16.7 Å². The zero-order chi connectivity index (χ0) is 21.5. The minimum atomic E-state index is -4.55. The van der Waals surface area contributed by atoms with Crippen molar-refractivity contribution in [3.63, 3.8) is 0 Å². The molecule has 1 aromatic carbocycles. The Hall–Kier alpha value is -2.94. The first kappa shape index (κ1) is 20.3. The lowest BCUT2D eigenvalue weighted by Crippen LogP contribution is -2.30. The number of hydrogen-bond donors (Lipinski definition) is 3. The first-order valence-corrected chi connectivity index (χ1v) is 9.71. The van der Waals surface area contributed by atoms with Crippen molar-refractivity contribution in [2.75, 3.05) is 5.32 Å². The van der Waals surface area contributed by atoms with E-state index in [1.54, 1.807) is 12.1 Å². The van der Waals surface area contributed by atoms with E-state index in [-0.39, 0.29) is 23.4 Å². The van der Waals surface area contributed by atoms with Crippen LogP contribution in [0.15, 0.2) is 30.3 Å². The van der Waals surface area contributed by atoms with Crippen molar-refractivity contribution in [3.8, 4) is 17.0 Å². The number of benzene rings is 1. The number of aryl methyl sites for hydroxylation is 1. The fourth-order valence-corrected chi connectivity index (χ4v) is 3.82. The molecule has 3 aromatic rings. The highest BCUT2D eigenvalue weighted by Gasteiger charge is 2.31. The lowest BCUT2D eigenvalue weighted by Gasteiger charge is -2.27. The second kappa shape index (κ2) is 7.71. The third kappa shape index (κ3) is 4.02. The molecule has 1 saturated carbocycles. The maximum Gasteiger partial charge on any atom is 0.416 e. The number of fused-ring (bicyclic) bond motifs is 1. The standard InChI is InChI=1S/C21H21F3N4O2/c1-11-5-7-16-18(15-8-6-12(9-17(15)30)21(22,23)24)27-28-20(19(16)25-11)26-13-3-2-4-14(29)10-13/h5-9,13-14,29-30H,2-4,10H2,1H3,(H,26,28)/t13?,14-/m0/s1. The third-order valence-corrected chi connectivity index (χ3v) is 5.33. The summed E-state index contributed by atoms with van der Waals surface area (Å²) in [6.07, 6.45) is -1.78. The Morgan fingerprint density at radius 1 is 1.10 bits per heavy atom. The monoisotopic (exact) mass is 418 g/mol. The molecule has 1 unspecified atom stereocenters. The molecule has 0 spiro atoms. The number of aromatic nitrogens is 3. The minimum Gasteiger partial charge on any atom is -0.507 e. The summed E-state index contributed by atoms with van der Waals surface area (Å²) in [6, 6.07) is 6.33. The van der Waals surface area contributed by atoms with Crippen molar-refractivity contribution in [2.24, 2.45) is 0 Å². The fourth-order valence-electron chi connectivity index (χ4n) is 3.82. The molecular weight excluding hydrogens is 397 g/mol.